The van der Waals surface area contributed by atoms with Crippen LogP contribution in [0.5, 0.6) is 0 Å². The van der Waals surface area contributed by atoms with Crippen molar-refractivity contribution in [1.29, 1.82) is 0 Å². The quantitative estimate of drug-likeness (QED) is 0.883. The first-order chi connectivity index (χ1) is 10.5. The normalized spacial score (nSPS) is 14.0. The number of aromatic amines is 1. The SMILES string of the molecule is CCn1[nH]cc(C(=O)c2ccc3c(c2C)C(=O)CCC3)c1=O. The maximum atomic E-state index is 12.7. The molecule has 1 aliphatic carbocycles. The third-order valence-electron chi connectivity index (χ3n) is 4.33. The molecule has 0 unspecified atom stereocenters. The molecule has 3 rings (SSSR count). The van der Waals surface area contributed by atoms with Gasteiger partial charge in [-0.15, -0.1) is 0 Å². The van der Waals surface area contributed by atoms with Crippen LogP contribution in [0.15, 0.2) is 23.1 Å². The van der Waals surface area contributed by atoms with Gasteiger partial charge in [-0.1, -0.05) is 12.1 Å². The molecule has 1 heterocycles. The number of H-pyrrole nitrogens is 1. The van der Waals surface area contributed by atoms with E-state index in [9.17, 15) is 14.4 Å². The first-order valence-corrected chi connectivity index (χ1v) is 7.53. The molecular weight excluding hydrogens is 280 g/mol. The van der Waals surface area contributed by atoms with Crippen molar-refractivity contribution < 1.29 is 9.59 Å². The number of fused-ring (bicyclic) bond motifs is 1. The van der Waals surface area contributed by atoms with Crippen LogP contribution in [0.25, 0.3) is 0 Å². The van der Waals surface area contributed by atoms with E-state index in [4.69, 9.17) is 0 Å². The van der Waals surface area contributed by atoms with E-state index in [0.29, 0.717) is 29.7 Å². The van der Waals surface area contributed by atoms with Gasteiger partial charge in [0.25, 0.3) is 5.56 Å². The highest BCUT2D eigenvalue weighted by molar-refractivity contribution is 6.12. The standard InChI is InChI=1S/C17H18N2O3/c1-3-19-17(22)13(9-18-19)16(21)12-8-7-11-5-4-6-14(20)15(11)10(12)2/h7-9,18H,3-6H2,1-2H3. The molecule has 0 atom stereocenters. The minimum atomic E-state index is -0.327. The summed E-state index contributed by atoms with van der Waals surface area (Å²) in [4.78, 5) is 36.9. The summed E-state index contributed by atoms with van der Waals surface area (Å²) in [7, 11) is 0. The Bertz CT molecular complexity index is 827. The van der Waals surface area contributed by atoms with Crippen molar-refractivity contribution in [1.82, 2.24) is 9.78 Å². The number of nitrogens with one attached hydrogen (secondary N) is 1. The van der Waals surface area contributed by atoms with E-state index in [1.54, 1.807) is 13.0 Å². The number of carbonyl (C=O) groups excluding carboxylic acids is 2. The van der Waals surface area contributed by atoms with Crippen molar-refractivity contribution >= 4 is 11.6 Å². The molecule has 0 aliphatic heterocycles. The van der Waals surface area contributed by atoms with Gasteiger partial charge in [0.2, 0.25) is 0 Å². The summed E-state index contributed by atoms with van der Waals surface area (Å²) in [5, 5.41) is 2.78. The van der Waals surface area contributed by atoms with Crippen LogP contribution in [0.2, 0.25) is 0 Å². The minimum absolute atomic E-state index is 0.0911. The Morgan fingerprint density at radius 1 is 1.23 bits per heavy atom. The molecule has 22 heavy (non-hydrogen) atoms. The van der Waals surface area contributed by atoms with Crippen molar-refractivity contribution in [2.45, 2.75) is 39.7 Å². The van der Waals surface area contributed by atoms with Gasteiger partial charge in [0, 0.05) is 30.3 Å². The number of aryl methyl sites for hydroxylation is 2. The molecule has 0 radical (unpaired) electrons. The molecule has 114 valence electrons. The van der Waals surface area contributed by atoms with E-state index in [0.717, 1.165) is 18.4 Å². The van der Waals surface area contributed by atoms with Gasteiger partial charge in [-0.25, -0.2) is 0 Å². The molecule has 0 spiro atoms. The van der Waals surface area contributed by atoms with Gasteiger partial charge in [0.05, 0.1) is 0 Å². The lowest BCUT2D eigenvalue weighted by Gasteiger charge is -2.18. The fourth-order valence-electron chi connectivity index (χ4n) is 3.13. The predicted molar refractivity (Wildman–Crippen MR) is 82.6 cm³/mol. The average Bonchev–Trinajstić information content (AvgIpc) is 2.88. The summed E-state index contributed by atoms with van der Waals surface area (Å²) in [6.07, 6.45) is 3.69. The Balaban J connectivity index is 2.11. The minimum Gasteiger partial charge on any atom is -0.302 e. The molecule has 0 bridgehead atoms. The summed E-state index contributed by atoms with van der Waals surface area (Å²) >= 11 is 0. The smallest absolute Gasteiger partial charge is 0.277 e. The Kier molecular flexibility index (Phi) is 3.56. The monoisotopic (exact) mass is 298 g/mol. The summed E-state index contributed by atoms with van der Waals surface area (Å²) < 4.78 is 1.38. The number of hydrogen-bond donors (Lipinski definition) is 1. The Labute approximate surface area is 127 Å². The molecule has 2 aromatic rings. The zero-order valence-corrected chi connectivity index (χ0v) is 12.7. The number of hydrogen-bond acceptors (Lipinski definition) is 3. The van der Waals surface area contributed by atoms with Gasteiger partial charge < -0.3 is 5.10 Å². The first-order valence-electron chi connectivity index (χ1n) is 7.53. The fraction of sp³-hybridized carbons (Fsp3) is 0.353. The Morgan fingerprint density at radius 3 is 2.68 bits per heavy atom. The van der Waals surface area contributed by atoms with Crippen LogP contribution in [0.4, 0.5) is 0 Å². The van der Waals surface area contributed by atoms with Crippen LogP contribution in [-0.2, 0) is 13.0 Å². The highest BCUT2D eigenvalue weighted by Crippen LogP contribution is 2.27. The van der Waals surface area contributed by atoms with Crippen molar-refractivity contribution in [2.75, 3.05) is 0 Å². The number of carbonyl (C=O) groups is 2. The van der Waals surface area contributed by atoms with E-state index < -0.39 is 0 Å². The molecule has 5 heteroatoms. The second-order valence-electron chi connectivity index (χ2n) is 5.61. The number of aromatic nitrogens is 2. The molecule has 0 saturated heterocycles. The second-order valence-corrected chi connectivity index (χ2v) is 5.61. The highest BCUT2D eigenvalue weighted by atomic mass is 16.2. The van der Waals surface area contributed by atoms with E-state index >= 15 is 0 Å². The summed E-state index contributed by atoms with van der Waals surface area (Å²) in [5.41, 5.74) is 2.60. The molecular formula is C17H18N2O3. The van der Waals surface area contributed by atoms with Gasteiger partial charge >= 0.3 is 0 Å². The molecule has 0 fully saturated rings. The van der Waals surface area contributed by atoms with Crippen LogP contribution in [-0.4, -0.2) is 21.3 Å². The number of nitrogens with zero attached hydrogens (tertiary/aromatic N) is 1. The molecule has 1 aliphatic rings. The molecule has 1 aromatic carbocycles. The fourth-order valence-corrected chi connectivity index (χ4v) is 3.13. The van der Waals surface area contributed by atoms with Crippen LogP contribution >= 0.6 is 0 Å². The number of benzene rings is 1. The lowest BCUT2D eigenvalue weighted by atomic mass is 9.84. The van der Waals surface area contributed by atoms with Crippen molar-refractivity contribution in [3.05, 3.63) is 56.5 Å². The lowest BCUT2D eigenvalue weighted by molar-refractivity contribution is 0.0972. The third kappa shape index (κ3) is 2.13. The Hall–Kier alpha value is -2.43. The van der Waals surface area contributed by atoms with E-state index in [-0.39, 0.29) is 22.7 Å². The molecule has 1 N–H and O–H groups in total. The van der Waals surface area contributed by atoms with E-state index in [1.807, 2.05) is 13.0 Å². The second kappa shape index (κ2) is 5.40. The van der Waals surface area contributed by atoms with Gasteiger partial charge in [-0.05, 0) is 37.8 Å². The molecule has 0 saturated carbocycles. The Morgan fingerprint density at radius 2 is 2.00 bits per heavy atom. The topological polar surface area (TPSA) is 71.9 Å². The largest absolute Gasteiger partial charge is 0.302 e. The zero-order chi connectivity index (χ0) is 15.9. The van der Waals surface area contributed by atoms with E-state index in [1.165, 1.54) is 10.9 Å². The van der Waals surface area contributed by atoms with Crippen LogP contribution in [0, 0.1) is 6.92 Å². The van der Waals surface area contributed by atoms with Gasteiger partial charge in [-0.2, -0.15) is 0 Å². The maximum absolute atomic E-state index is 12.7. The van der Waals surface area contributed by atoms with Crippen molar-refractivity contribution in [2.24, 2.45) is 0 Å². The van der Waals surface area contributed by atoms with Crippen LogP contribution in [0.1, 0.15) is 57.2 Å². The van der Waals surface area contributed by atoms with Gasteiger partial charge in [0.15, 0.2) is 11.6 Å². The number of rotatable bonds is 3. The first kappa shape index (κ1) is 14.5. The van der Waals surface area contributed by atoms with Crippen LogP contribution in [0.3, 0.4) is 0 Å². The number of ketones is 2. The summed E-state index contributed by atoms with van der Waals surface area (Å²) in [6, 6.07) is 3.58. The molecule has 1 aromatic heterocycles. The molecule has 0 amide bonds. The third-order valence-corrected chi connectivity index (χ3v) is 4.33. The average molecular weight is 298 g/mol. The zero-order valence-electron chi connectivity index (χ0n) is 12.7. The maximum Gasteiger partial charge on any atom is 0.277 e. The summed E-state index contributed by atoms with van der Waals surface area (Å²) in [6.45, 7) is 4.10. The predicted octanol–water partition coefficient (Wildman–Crippen LogP) is 2.25. The summed E-state index contributed by atoms with van der Waals surface area (Å²) in [5.74, 6) is -0.236. The lowest BCUT2D eigenvalue weighted by Crippen LogP contribution is -2.22. The van der Waals surface area contributed by atoms with Crippen molar-refractivity contribution in [3.63, 3.8) is 0 Å². The van der Waals surface area contributed by atoms with Crippen molar-refractivity contribution in [3.8, 4) is 0 Å². The highest BCUT2D eigenvalue weighted by Gasteiger charge is 2.25. The van der Waals surface area contributed by atoms with E-state index in [2.05, 4.69) is 5.10 Å². The van der Waals surface area contributed by atoms with Gasteiger partial charge in [0.1, 0.15) is 5.56 Å². The number of Topliss-reactive ketones (excluding diaryl/α,β-unsaturated/α-hetero) is 1. The van der Waals surface area contributed by atoms with Gasteiger partial charge in [-0.3, -0.25) is 19.1 Å². The molecule has 5 nitrogen and oxygen atoms in total. The van der Waals surface area contributed by atoms with Crippen LogP contribution < -0.4 is 5.56 Å².